The summed E-state index contributed by atoms with van der Waals surface area (Å²) < 4.78 is 10.3. The number of aromatic nitrogens is 5. The predicted octanol–water partition coefficient (Wildman–Crippen LogP) is 13.5. The fraction of sp³-hybridized carbons (Fsp3) is 0.283. The van der Waals surface area contributed by atoms with Crippen LogP contribution in [0.15, 0.2) is 108 Å². The van der Waals surface area contributed by atoms with Gasteiger partial charge in [-0.05, 0) is 83.6 Å². The number of aryl methyl sites for hydroxylation is 2. The van der Waals surface area contributed by atoms with Gasteiger partial charge >= 0.3 is 126 Å². The van der Waals surface area contributed by atoms with Gasteiger partial charge in [0.05, 0.1) is 27.5 Å². The van der Waals surface area contributed by atoms with E-state index in [9.17, 15) is 0 Å². The quantitative estimate of drug-likeness (QED) is 0.112. The second kappa shape index (κ2) is 17.8. The minimum absolute atomic E-state index is 0. The molecule has 0 saturated heterocycles. The topological polar surface area (TPSA) is 69.6 Å². The molecule has 9 rings (SSSR count). The smallest absolute Gasteiger partial charge is 0.215 e. The number of benzene rings is 4. The zero-order chi connectivity index (χ0) is 42.5. The van der Waals surface area contributed by atoms with Gasteiger partial charge in [0.15, 0.2) is 0 Å². The van der Waals surface area contributed by atoms with Crippen molar-refractivity contribution in [1.29, 1.82) is 0 Å². The average molecular weight is 1040 g/mol. The second-order valence-electron chi connectivity index (χ2n) is 18.2. The summed E-state index contributed by atoms with van der Waals surface area (Å²) in [6.45, 7) is 17.7. The molecule has 0 unspecified atom stereocenters. The van der Waals surface area contributed by atoms with E-state index in [1.54, 1.807) is 10.6 Å². The molecule has 61 heavy (non-hydrogen) atoms. The summed E-state index contributed by atoms with van der Waals surface area (Å²) >= 11 is -1.86. The van der Waals surface area contributed by atoms with Crippen molar-refractivity contribution >= 4 is 61.7 Å². The molecule has 9 aromatic rings. The Labute approximate surface area is 377 Å². The zero-order valence-corrected chi connectivity index (χ0v) is 41.7. The molecule has 5 aromatic heterocycles. The van der Waals surface area contributed by atoms with Crippen molar-refractivity contribution < 1.29 is 24.5 Å². The van der Waals surface area contributed by atoms with Gasteiger partial charge in [-0.3, -0.25) is 9.97 Å². The average Bonchev–Trinajstić information content (AvgIpc) is 3.78. The van der Waals surface area contributed by atoms with Crippen molar-refractivity contribution in [2.75, 3.05) is 0 Å². The first-order valence-corrected chi connectivity index (χ1v) is 28.6. The van der Waals surface area contributed by atoms with Gasteiger partial charge in [0, 0.05) is 37.3 Å². The van der Waals surface area contributed by atoms with Crippen LogP contribution in [0.5, 0.6) is 0 Å². The molecule has 0 amide bonds. The predicted molar refractivity (Wildman–Crippen MR) is 253 cm³/mol. The van der Waals surface area contributed by atoms with Crippen molar-refractivity contribution in [2.45, 2.75) is 90.9 Å². The molecule has 6 nitrogen and oxygen atoms in total. The van der Waals surface area contributed by atoms with Gasteiger partial charge in [-0.2, -0.15) is 0 Å². The molecule has 4 aromatic carbocycles. The van der Waals surface area contributed by atoms with Crippen LogP contribution < -0.4 is 4.40 Å². The Hall–Kier alpha value is -4.95. The van der Waals surface area contributed by atoms with E-state index in [1.807, 2.05) is 31.2 Å². The van der Waals surface area contributed by atoms with Crippen LogP contribution in [0.25, 0.3) is 72.3 Å². The van der Waals surface area contributed by atoms with E-state index in [4.69, 9.17) is 24.4 Å². The standard InChI is InChI=1S/C35H31N4O.C18H24GeN.Ir/c1-19(2)26-18-23-11-7-8-12-24(23)29(20(3)4)32(26)39-28-14-10-9-13-27(28)38-34(39)25-15-16-36-31-30-21(5)17-22(6)37-35(30)40-33(25)31;1-14(2)11-16-12-18(15-9-7-6-8-10-15)20-13-17(16)19(3,4)5;/h7-14,16-20H,1-6H3;6-9,12-14H,11H2,1-5H3;/q2*-1;. The van der Waals surface area contributed by atoms with E-state index < -0.39 is 13.3 Å². The Morgan fingerprint density at radius 3 is 2.23 bits per heavy atom. The van der Waals surface area contributed by atoms with Crippen LogP contribution in [-0.4, -0.2) is 37.8 Å². The van der Waals surface area contributed by atoms with E-state index in [0.717, 1.165) is 62.3 Å². The molecular formula is C53H55GeIrN5O-2. The maximum Gasteiger partial charge on any atom is 0.215 e. The zero-order valence-electron chi connectivity index (χ0n) is 37.2. The first-order valence-electron chi connectivity index (χ1n) is 21.3. The summed E-state index contributed by atoms with van der Waals surface area (Å²) in [5.41, 5.74) is 14.2. The van der Waals surface area contributed by atoms with Gasteiger partial charge in [0.2, 0.25) is 5.71 Å². The molecule has 0 atom stereocenters. The van der Waals surface area contributed by atoms with Gasteiger partial charge in [0.1, 0.15) is 0 Å². The largest absolute Gasteiger partial charge is 0.499 e. The molecule has 0 aliphatic rings. The Morgan fingerprint density at radius 2 is 1.52 bits per heavy atom. The fourth-order valence-corrected chi connectivity index (χ4v) is 12.0. The molecule has 0 N–H and O–H groups in total. The monoisotopic (exact) mass is 1040 g/mol. The van der Waals surface area contributed by atoms with Crippen LogP contribution in [0.3, 0.4) is 0 Å². The first kappa shape index (κ1) is 44.1. The number of imidazole rings is 1. The third-order valence-electron chi connectivity index (χ3n) is 11.3. The molecule has 0 fully saturated rings. The third-order valence-corrected chi connectivity index (χ3v) is 15.6. The molecule has 0 spiro atoms. The summed E-state index contributed by atoms with van der Waals surface area (Å²) in [4.78, 5) is 19.3. The van der Waals surface area contributed by atoms with Crippen molar-refractivity contribution in [3.05, 3.63) is 143 Å². The molecular weight excluding hydrogens is 987 g/mol. The molecule has 8 heteroatoms. The van der Waals surface area contributed by atoms with Crippen molar-refractivity contribution in [3.8, 4) is 28.3 Å². The van der Waals surface area contributed by atoms with E-state index in [1.165, 1.54) is 33.2 Å². The third kappa shape index (κ3) is 8.62. The van der Waals surface area contributed by atoms with Crippen molar-refractivity contribution in [3.63, 3.8) is 0 Å². The van der Waals surface area contributed by atoms with Crippen molar-refractivity contribution in [2.24, 2.45) is 5.92 Å². The molecule has 0 saturated carbocycles. The van der Waals surface area contributed by atoms with Crippen LogP contribution >= 0.6 is 0 Å². The molecule has 313 valence electrons. The normalized spacial score (nSPS) is 11.9. The number of fused-ring (bicyclic) bond motifs is 5. The number of furan rings is 1. The minimum Gasteiger partial charge on any atom is -0.499 e. The molecule has 0 bridgehead atoms. The van der Waals surface area contributed by atoms with Crippen LogP contribution in [0.2, 0.25) is 17.3 Å². The molecule has 0 aliphatic heterocycles. The van der Waals surface area contributed by atoms with Gasteiger partial charge in [-0.1, -0.05) is 64.1 Å². The number of nitrogens with zero attached hydrogens (tertiary/aromatic N) is 5. The number of para-hydroxylation sites is 2. The SMILES string of the molecule is CC(C)Cc1cc(-c2[c-]cccc2)nc[c]1[Ge]([CH3])([CH3])[CH3].Cc1cc(C)c2c(n1)oc1c(-c3nc4ccccc4n3-c3c(C(C)C)cc4ccccc4c3C(C)C)[c-]cnc12.[Ir]. The Kier molecular flexibility index (Phi) is 12.9. The maximum atomic E-state index is 6.45. The molecule has 1 radical (unpaired) electrons. The van der Waals surface area contributed by atoms with Crippen LogP contribution in [0, 0.1) is 31.9 Å². The van der Waals surface area contributed by atoms with E-state index >= 15 is 0 Å². The Balaban J connectivity index is 0.000000226. The number of rotatable bonds is 8. The van der Waals surface area contributed by atoms with Gasteiger partial charge in [0.25, 0.3) is 0 Å². The second-order valence-corrected chi connectivity index (χ2v) is 28.8. The minimum atomic E-state index is -1.86. The van der Waals surface area contributed by atoms with E-state index in [0.29, 0.717) is 23.1 Å². The summed E-state index contributed by atoms with van der Waals surface area (Å²) in [5.74, 6) is 9.37. The molecule has 0 aliphatic carbocycles. The maximum absolute atomic E-state index is 6.45. The van der Waals surface area contributed by atoms with Gasteiger partial charge < -0.3 is 8.98 Å². The van der Waals surface area contributed by atoms with E-state index in [-0.39, 0.29) is 26.0 Å². The van der Waals surface area contributed by atoms with Gasteiger partial charge in [-0.15, -0.1) is 11.6 Å². The molecule has 5 heterocycles. The van der Waals surface area contributed by atoms with Crippen LogP contribution in [-0.2, 0) is 26.5 Å². The number of hydrogen-bond donors (Lipinski definition) is 0. The Morgan fingerprint density at radius 1 is 0.787 bits per heavy atom. The fourth-order valence-electron chi connectivity index (χ4n) is 8.67. The van der Waals surface area contributed by atoms with Crippen molar-refractivity contribution in [1.82, 2.24) is 24.5 Å². The van der Waals surface area contributed by atoms with E-state index in [2.05, 4.69) is 155 Å². The Bertz CT molecular complexity index is 3010. The summed E-state index contributed by atoms with van der Waals surface area (Å²) in [7, 11) is 0. The van der Waals surface area contributed by atoms with Crippen LogP contribution in [0.1, 0.15) is 81.3 Å². The summed E-state index contributed by atoms with van der Waals surface area (Å²) in [6.07, 6.45) is 5.01. The van der Waals surface area contributed by atoms with Crippen LogP contribution in [0.4, 0.5) is 0 Å². The number of hydrogen-bond acceptors (Lipinski definition) is 5. The number of pyridine rings is 3. The summed E-state index contributed by atoms with van der Waals surface area (Å²) in [6, 6.07) is 38.5. The summed E-state index contributed by atoms with van der Waals surface area (Å²) in [5, 5.41) is 3.47. The first-order chi connectivity index (χ1) is 28.7. The van der Waals surface area contributed by atoms with Gasteiger partial charge in [-0.25, -0.2) is 4.98 Å².